The van der Waals surface area contributed by atoms with E-state index in [9.17, 15) is 0 Å². The van der Waals surface area contributed by atoms with Crippen LogP contribution >= 0.6 is 0 Å². The summed E-state index contributed by atoms with van der Waals surface area (Å²) in [5.74, 6) is 0.996. The molecule has 0 bridgehead atoms. The Morgan fingerprint density at radius 2 is 1.46 bits per heavy atom. The highest BCUT2D eigenvalue weighted by molar-refractivity contribution is 5.93. The van der Waals surface area contributed by atoms with E-state index in [2.05, 4.69) is 88.0 Å². The molecule has 0 radical (unpaired) electrons. The third-order valence-corrected chi connectivity index (χ3v) is 7.58. The van der Waals surface area contributed by atoms with Crippen molar-refractivity contribution in [2.45, 2.75) is 25.7 Å². The predicted molar refractivity (Wildman–Crippen MR) is 147 cm³/mol. The fourth-order valence-electron chi connectivity index (χ4n) is 5.41. The maximum Gasteiger partial charge on any atom is 0.119 e. The van der Waals surface area contributed by atoms with Gasteiger partial charge in [-0.2, -0.15) is 0 Å². The van der Waals surface area contributed by atoms with Crippen LogP contribution in [-0.4, -0.2) is 73.7 Å². The quantitative estimate of drug-likeness (QED) is 0.363. The third kappa shape index (κ3) is 6.25. The SMILES string of the molecule is C=C(c1cccc2ccccc12)N1CCN(CCc2ccc(OCCCN3CCCC3)cc2)CC1. The molecule has 2 fully saturated rings. The Kier molecular flexibility index (Phi) is 8.02. The van der Waals surface area contributed by atoms with Gasteiger partial charge in [0.1, 0.15) is 5.75 Å². The molecule has 0 unspecified atom stereocenters. The minimum Gasteiger partial charge on any atom is -0.494 e. The second kappa shape index (κ2) is 11.7. The molecular formula is C31H39N3O. The molecule has 0 atom stereocenters. The first-order valence-electron chi connectivity index (χ1n) is 13.3. The minimum atomic E-state index is 0.810. The highest BCUT2D eigenvalue weighted by atomic mass is 16.5. The lowest BCUT2D eigenvalue weighted by Gasteiger charge is -2.37. The van der Waals surface area contributed by atoms with Gasteiger partial charge in [0.05, 0.1) is 6.61 Å². The van der Waals surface area contributed by atoms with Gasteiger partial charge in [-0.25, -0.2) is 0 Å². The second-order valence-electron chi connectivity index (χ2n) is 9.95. The average Bonchev–Trinajstić information content (AvgIpc) is 3.44. The summed E-state index contributed by atoms with van der Waals surface area (Å²) < 4.78 is 5.96. The lowest BCUT2D eigenvalue weighted by Crippen LogP contribution is -2.45. The van der Waals surface area contributed by atoms with Gasteiger partial charge in [0, 0.05) is 50.5 Å². The number of ether oxygens (including phenoxy) is 1. The van der Waals surface area contributed by atoms with Crippen molar-refractivity contribution in [3.05, 3.63) is 84.4 Å². The van der Waals surface area contributed by atoms with Crippen LogP contribution in [0.15, 0.2) is 73.3 Å². The van der Waals surface area contributed by atoms with Crippen LogP contribution in [0.1, 0.15) is 30.4 Å². The summed E-state index contributed by atoms with van der Waals surface area (Å²) in [5.41, 5.74) is 3.80. The van der Waals surface area contributed by atoms with Crippen LogP contribution in [0, 0.1) is 0 Å². The van der Waals surface area contributed by atoms with Crippen LogP contribution in [0.3, 0.4) is 0 Å². The molecule has 184 valence electrons. The van der Waals surface area contributed by atoms with E-state index in [4.69, 9.17) is 4.74 Å². The number of nitrogens with zero attached hydrogens (tertiary/aromatic N) is 3. The second-order valence-corrected chi connectivity index (χ2v) is 9.95. The Labute approximate surface area is 210 Å². The van der Waals surface area contributed by atoms with Crippen molar-refractivity contribution in [1.82, 2.24) is 14.7 Å². The fourth-order valence-corrected chi connectivity index (χ4v) is 5.41. The predicted octanol–water partition coefficient (Wildman–Crippen LogP) is 5.54. The molecule has 2 aliphatic heterocycles. The van der Waals surface area contributed by atoms with E-state index in [0.717, 1.165) is 63.6 Å². The molecule has 5 rings (SSSR count). The number of hydrogen-bond donors (Lipinski definition) is 0. The molecule has 2 aliphatic rings. The topological polar surface area (TPSA) is 19.0 Å². The lowest BCUT2D eigenvalue weighted by molar-refractivity contribution is 0.177. The molecule has 4 nitrogen and oxygen atoms in total. The minimum absolute atomic E-state index is 0.810. The van der Waals surface area contributed by atoms with Crippen LogP contribution in [0.25, 0.3) is 16.5 Å². The van der Waals surface area contributed by atoms with Gasteiger partial charge in [0.2, 0.25) is 0 Å². The number of fused-ring (bicyclic) bond motifs is 1. The molecule has 2 saturated heterocycles. The molecule has 0 aliphatic carbocycles. The molecule has 35 heavy (non-hydrogen) atoms. The van der Waals surface area contributed by atoms with Gasteiger partial charge in [-0.1, -0.05) is 61.2 Å². The fraction of sp³-hybridized carbons (Fsp3) is 0.419. The van der Waals surface area contributed by atoms with Crippen LogP contribution in [0.2, 0.25) is 0 Å². The molecule has 4 heteroatoms. The number of hydrogen-bond acceptors (Lipinski definition) is 4. The van der Waals surface area contributed by atoms with E-state index in [1.807, 2.05) is 0 Å². The molecule has 3 aromatic carbocycles. The molecule has 2 heterocycles. The molecule has 0 N–H and O–H groups in total. The number of benzene rings is 3. The van der Waals surface area contributed by atoms with Crippen molar-refractivity contribution < 1.29 is 4.74 Å². The van der Waals surface area contributed by atoms with Crippen molar-refractivity contribution in [3.63, 3.8) is 0 Å². The first-order chi connectivity index (χ1) is 17.3. The van der Waals surface area contributed by atoms with Gasteiger partial charge in [0.25, 0.3) is 0 Å². The summed E-state index contributed by atoms with van der Waals surface area (Å²) in [6, 6.07) is 23.9. The molecular weight excluding hydrogens is 430 g/mol. The van der Waals surface area contributed by atoms with Gasteiger partial charge in [-0.05, 0) is 67.2 Å². The average molecular weight is 470 g/mol. The molecule has 0 aromatic heterocycles. The van der Waals surface area contributed by atoms with E-state index >= 15 is 0 Å². The van der Waals surface area contributed by atoms with Gasteiger partial charge in [-0.3, -0.25) is 4.90 Å². The molecule has 0 amide bonds. The Hall–Kier alpha value is -2.82. The highest BCUT2D eigenvalue weighted by Crippen LogP contribution is 2.27. The Morgan fingerprint density at radius 3 is 2.26 bits per heavy atom. The zero-order chi connectivity index (χ0) is 23.9. The van der Waals surface area contributed by atoms with Crippen molar-refractivity contribution >= 4 is 16.5 Å². The Balaban J connectivity index is 1.04. The maximum atomic E-state index is 5.96. The molecule has 0 saturated carbocycles. The largest absolute Gasteiger partial charge is 0.494 e. The van der Waals surface area contributed by atoms with Crippen LogP contribution in [-0.2, 0) is 6.42 Å². The third-order valence-electron chi connectivity index (χ3n) is 7.58. The van der Waals surface area contributed by atoms with E-state index in [0.29, 0.717) is 0 Å². The normalized spacial score (nSPS) is 17.2. The molecule has 0 spiro atoms. The number of likely N-dealkylation sites (tertiary alicyclic amines) is 1. The zero-order valence-electron chi connectivity index (χ0n) is 21.0. The van der Waals surface area contributed by atoms with Gasteiger partial charge >= 0.3 is 0 Å². The van der Waals surface area contributed by atoms with Gasteiger partial charge in [-0.15, -0.1) is 0 Å². The summed E-state index contributed by atoms with van der Waals surface area (Å²) in [5, 5.41) is 2.57. The van der Waals surface area contributed by atoms with Crippen LogP contribution < -0.4 is 4.74 Å². The van der Waals surface area contributed by atoms with E-state index in [1.165, 1.54) is 54.4 Å². The smallest absolute Gasteiger partial charge is 0.119 e. The van der Waals surface area contributed by atoms with Crippen LogP contribution in [0.4, 0.5) is 0 Å². The van der Waals surface area contributed by atoms with Crippen LogP contribution in [0.5, 0.6) is 5.75 Å². The first kappa shape index (κ1) is 23.9. The summed E-state index contributed by atoms with van der Waals surface area (Å²) in [4.78, 5) is 7.58. The highest BCUT2D eigenvalue weighted by Gasteiger charge is 2.19. The summed E-state index contributed by atoms with van der Waals surface area (Å²) in [6.45, 7) is 14.3. The maximum absolute atomic E-state index is 5.96. The van der Waals surface area contributed by atoms with Crippen molar-refractivity contribution in [1.29, 1.82) is 0 Å². The Bertz CT molecular complexity index is 1090. The lowest BCUT2D eigenvalue weighted by atomic mass is 10.0. The van der Waals surface area contributed by atoms with Gasteiger partial charge in [0.15, 0.2) is 0 Å². The Morgan fingerprint density at radius 1 is 0.743 bits per heavy atom. The number of rotatable bonds is 10. The monoisotopic (exact) mass is 469 g/mol. The molecule has 3 aromatic rings. The summed E-state index contributed by atoms with van der Waals surface area (Å²) in [6.07, 6.45) is 4.91. The van der Waals surface area contributed by atoms with Gasteiger partial charge < -0.3 is 14.5 Å². The van der Waals surface area contributed by atoms with Crippen molar-refractivity contribution in [3.8, 4) is 5.75 Å². The standard InChI is InChI=1S/C31H39N3O/c1-26(30-11-6-9-28-8-2-3-10-31(28)30)34-23-21-33(22-24-34)20-16-27-12-14-29(15-13-27)35-25-7-19-32-17-4-5-18-32/h2-3,6,8-15H,1,4-5,7,16-25H2. The number of piperazine rings is 1. The first-order valence-corrected chi connectivity index (χ1v) is 13.3. The zero-order valence-corrected chi connectivity index (χ0v) is 21.0. The van der Waals surface area contributed by atoms with E-state index in [-0.39, 0.29) is 0 Å². The van der Waals surface area contributed by atoms with E-state index in [1.54, 1.807) is 0 Å². The van der Waals surface area contributed by atoms with Crippen molar-refractivity contribution in [2.24, 2.45) is 0 Å². The van der Waals surface area contributed by atoms with E-state index < -0.39 is 0 Å². The summed E-state index contributed by atoms with van der Waals surface area (Å²) in [7, 11) is 0. The van der Waals surface area contributed by atoms with Crippen molar-refractivity contribution in [2.75, 3.05) is 59.0 Å². The summed E-state index contributed by atoms with van der Waals surface area (Å²) >= 11 is 0.